The van der Waals surface area contributed by atoms with Crippen LogP contribution < -0.4 is 5.73 Å². The zero-order valence-corrected chi connectivity index (χ0v) is 6.41. The van der Waals surface area contributed by atoms with Crippen molar-refractivity contribution < 1.29 is 0 Å². The van der Waals surface area contributed by atoms with E-state index in [2.05, 4.69) is 5.10 Å². The van der Waals surface area contributed by atoms with Crippen molar-refractivity contribution in [2.45, 2.75) is 26.4 Å². The maximum atomic E-state index is 5.59. The minimum Gasteiger partial charge on any atom is -0.326 e. The molecule has 0 aromatic carbocycles. The summed E-state index contributed by atoms with van der Waals surface area (Å²) in [7, 11) is 0. The normalized spacial score (nSPS) is 13.5. The molecule has 0 aliphatic rings. The first kappa shape index (κ1) is 7.28. The molecule has 0 amide bonds. The lowest BCUT2D eigenvalue weighted by atomic mass is 10.3. The van der Waals surface area contributed by atoms with Gasteiger partial charge in [-0.1, -0.05) is 0 Å². The second-order valence-corrected chi connectivity index (χ2v) is 2.63. The van der Waals surface area contributed by atoms with Gasteiger partial charge in [-0.15, -0.1) is 0 Å². The zero-order chi connectivity index (χ0) is 7.56. The summed E-state index contributed by atoms with van der Waals surface area (Å²) in [5.74, 6) is 0. The van der Waals surface area contributed by atoms with E-state index in [1.165, 1.54) is 0 Å². The van der Waals surface area contributed by atoms with Crippen LogP contribution in [0.15, 0.2) is 12.3 Å². The molecule has 1 atom stereocenters. The molecule has 1 aromatic heterocycles. The average Bonchev–Trinajstić information content (AvgIpc) is 2.15. The van der Waals surface area contributed by atoms with E-state index in [1.54, 1.807) is 6.20 Å². The van der Waals surface area contributed by atoms with E-state index in [9.17, 15) is 0 Å². The SMILES string of the molecule is Cc1ccnn1CC(C)N. The van der Waals surface area contributed by atoms with E-state index < -0.39 is 0 Å². The standard InChI is InChI=1S/C7H13N3/c1-6(8)5-10-7(2)3-4-9-10/h3-4,6H,5,8H2,1-2H3. The van der Waals surface area contributed by atoms with Gasteiger partial charge in [-0.3, -0.25) is 4.68 Å². The van der Waals surface area contributed by atoms with Crippen LogP contribution in [0.3, 0.4) is 0 Å². The summed E-state index contributed by atoms with van der Waals surface area (Å²) in [6, 6.07) is 2.15. The molecule has 1 rings (SSSR count). The molecular weight excluding hydrogens is 126 g/mol. The summed E-state index contributed by atoms with van der Waals surface area (Å²) in [6.45, 7) is 4.80. The highest BCUT2D eigenvalue weighted by Gasteiger charge is 1.98. The summed E-state index contributed by atoms with van der Waals surface area (Å²) in [5, 5.41) is 4.09. The molecule has 1 unspecified atom stereocenters. The summed E-state index contributed by atoms with van der Waals surface area (Å²) >= 11 is 0. The fourth-order valence-corrected chi connectivity index (χ4v) is 0.863. The minimum absolute atomic E-state index is 0.179. The number of aromatic nitrogens is 2. The average molecular weight is 139 g/mol. The van der Waals surface area contributed by atoms with Gasteiger partial charge in [0.15, 0.2) is 0 Å². The summed E-state index contributed by atoms with van der Waals surface area (Å²) in [5.41, 5.74) is 6.76. The lowest BCUT2D eigenvalue weighted by Gasteiger charge is -2.06. The molecule has 3 heteroatoms. The molecule has 0 aliphatic carbocycles. The monoisotopic (exact) mass is 139 g/mol. The van der Waals surface area contributed by atoms with Gasteiger partial charge in [-0.25, -0.2) is 0 Å². The van der Waals surface area contributed by atoms with E-state index in [4.69, 9.17) is 5.73 Å². The Balaban J connectivity index is 2.65. The van der Waals surface area contributed by atoms with Gasteiger partial charge in [0, 0.05) is 17.9 Å². The second kappa shape index (κ2) is 2.84. The predicted octanol–water partition coefficient (Wildman–Crippen LogP) is 0.539. The van der Waals surface area contributed by atoms with Crippen LogP contribution in [-0.2, 0) is 6.54 Å². The smallest absolute Gasteiger partial charge is 0.0560 e. The predicted molar refractivity (Wildman–Crippen MR) is 40.6 cm³/mol. The Kier molecular flexibility index (Phi) is 2.06. The van der Waals surface area contributed by atoms with Crippen LogP contribution in [0.4, 0.5) is 0 Å². The molecule has 0 saturated heterocycles. The third kappa shape index (κ3) is 1.57. The molecule has 0 aliphatic heterocycles. The largest absolute Gasteiger partial charge is 0.326 e. The topological polar surface area (TPSA) is 43.8 Å². The number of rotatable bonds is 2. The Morgan fingerprint density at radius 1 is 1.80 bits per heavy atom. The van der Waals surface area contributed by atoms with Gasteiger partial charge in [0.2, 0.25) is 0 Å². The summed E-state index contributed by atoms with van der Waals surface area (Å²) in [4.78, 5) is 0. The van der Waals surface area contributed by atoms with E-state index in [-0.39, 0.29) is 6.04 Å². The molecule has 1 heterocycles. The molecule has 10 heavy (non-hydrogen) atoms. The maximum Gasteiger partial charge on any atom is 0.0560 e. The van der Waals surface area contributed by atoms with Gasteiger partial charge in [0.25, 0.3) is 0 Å². The van der Waals surface area contributed by atoms with Gasteiger partial charge in [0.05, 0.1) is 6.54 Å². The molecule has 0 spiro atoms. The quantitative estimate of drug-likeness (QED) is 0.649. The number of nitrogens with zero attached hydrogens (tertiary/aromatic N) is 2. The molecule has 2 N–H and O–H groups in total. The maximum absolute atomic E-state index is 5.59. The first-order valence-corrected chi connectivity index (χ1v) is 3.44. The fourth-order valence-electron chi connectivity index (χ4n) is 0.863. The van der Waals surface area contributed by atoms with Crippen LogP contribution in [0.1, 0.15) is 12.6 Å². The lowest BCUT2D eigenvalue weighted by Crippen LogP contribution is -2.23. The van der Waals surface area contributed by atoms with Gasteiger partial charge >= 0.3 is 0 Å². The molecule has 1 aromatic rings. The number of hydrogen-bond donors (Lipinski definition) is 1. The molecule has 3 nitrogen and oxygen atoms in total. The molecule has 0 fully saturated rings. The fraction of sp³-hybridized carbons (Fsp3) is 0.571. The Labute approximate surface area is 60.8 Å². The van der Waals surface area contributed by atoms with Crippen molar-refractivity contribution in [2.24, 2.45) is 5.73 Å². The Morgan fingerprint density at radius 2 is 2.50 bits per heavy atom. The number of nitrogens with two attached hydrogens (primary N) is 1. The van der Waals surface area contributed by atoms with Gasteiger partial charge in [-0.05, 0) is 19.9 Å². The van der Waals surface area contributed by atoms with Gasteiger partial charge < -0.3 is 5.73 Å². The van der Waals surface area contributed by atoms with Crippen LogP contribution in [0.25, 0.3) is 0 Å². The highest BCUT2D eigenvalue weighted by Crippen LogP contribution is 1.95. The Bertz CT molecular complexity index is 202. The molecule has 0 saturated carbocycles. The molecule has 56 valence electrons. The Morgan fingerprint density at radius 3 is 2.90 bits per heavy atom. The van der Waals surface area contributed by atoms with Crippen molar-refractivity contribution in [1.29, 1.82) is 0 Å². The highest BCUT2D eigenvalue weighted by molar-refractivity contribution is 4.96. The van der Waals surface area contributed by atoms with E-state index in [0.717, 1.165) is 12.2 Å². The van der Waals surface area contributed by atoms with Crippen molar-refractivity contribution in [2.75, 3.05) is 0 Å². The van der Waals surface area contributed by atoms with Crippen LogP contribution in [0, 0.1) is 6.92 Å². The summed E-state index contributed by atoms with van der Waals surface area (Å²) < 4.78 is 1.91. The molecular formula is C7H13N3. The zero-order valence-electron chi connectivity index (χ0n) is 6.41. The second-order valence-electron chi connectivity index (χ2n) is 2.63. The Hall–Kier alpha value is -0.830. The van der Waals surface area contributed by atoms with Crippen LogP contribution in [-0.4, -0.2) is 15.8 Å². The van der Waals surface area contributed by atoms with Crippen molar-refractivity contribution in [3.63, 3.8) is 0 Å². The number of hydrogen-bond acceptors (Lipinski definition) is 2. The number of aryl methyl sites for hydroxylation is 1. The third-order valence-electron chi connectivity index (χ3n) is 1.39. The van der Waals surface area contributed by atoms with Crippen molar-refractivity contribution in [3.8, 4) is 0 Å². The van der Waals surface area contributed by atoms with Gasteiger partial charge in [-0.2, -0.15) is 5.10 Å². The van der Waals surface area contributed by atoms with Crippen molar-refractivity contribution in [1.82, 2.24) is 9.78 Å². The van der Waals surface area contributed by atoms with Crippen LogP contribution in [0.2, 0.25) is 0 Å². The van der Waals surface area contributed by atoms with E-state index >= 15 is 0 Å². The van der Waals surface area contributed by atoms with E-state index in [0.29, 0.717) is 0 Å². The van der Waals surface area contributed by atoms with Crippen molar-refractivity contribution in [3.05, 3.63) is 18.0 Å². The van der Waals surface area contributed by atoms with Crippen molar-refractivity contribution >= 4 is 0 Å². The highest BCUT2D eigenvalue weighted by atomic mass is 15.3. The van der Waals surface area contributed by atoms with Gasteiger partial charge in [0.1, 0.15) is 0 Å². The summed E-state index contributed by atoms with van der Waals surface area (Å²) in [6.07, 6.45) is 1.79. The van der Waals surface area contributed by atoms with Crippen LogP contribution in [0.5, 0.6) is 0 Å². The first-order valence-electron chi connectivity index (χ1n) is 3.44. The molecule has 0 radical (unpaired) electrons. The third-order valence-corrected chi connectivity index (χ3v) is 1.39. The molecule has 0 bridgehead atoms. The first-order chi connectivity index (χ1) is 4.70. The van der Waals surface area contributed by atoms with Crippen LogP contribution >= 0.6 is 0 Å². The van der Waals surface area contributed by atoms with E-state index in [1.807, 2.05) is 24.6 Å². The lowest BCUT2D eigenvalue weighted by molar-refractivity contribution is 0.528. The minimum atomic E-state index is 0.179.